The lowest BCUT2D eigenvalue weighted by Gasteiger charge is -2.27. The molecular weight excluding hydrogens is 336 g/mol. The van der Waals surface area contributed by atoms with Gasteiger partial charge in [0.05, 0.1) is 6.10 Å². The van der Waals surface area contributed by atoms with Crippen LogP contribution in [0.3, 0.4) is 0 Å². The van der Waals surface area contributed by atoms with Gasteiger partial charge in [-0.1, -0.05) is 50.5 Å². The van der Waals surface area contributed by atoms with Crippen molar-refractivity contribution in [3.63, 3.8) is 0 Å². The lowest BCUT2D eigenvalue weighted by molar-refractivity contribution is -0.336. The van der Waals surface area contributed by atoms with Crippen molar-refractivity contribution >= 4 is 5.97 Å². The molecule has 26 heavy (non-hydrogen) atoms. The summed E-state index contributed by atoms with van der Waals surface area (Å²) in [6.45, 7) is 2.15. The first kappa shape index (κ1) is 21.1. The van der Waals surface area contributed by atoms with E-state index in [-0.39, 0.29) is 30.7 Å². The average Bonchev–Trinajstić information content (AvgIpc) is 3.22. The van der Waals surface area contributed by atoms with Gasteiger partial charge in [0.25, 0.3) is 0 Å². The summed E-state index contributed by atoms with van der Waals surface area (Å²) in [5, 5.41) is 19.5. The van der Waals surface area contributed by atoms with E-state index in [9.17, 15) is 9.90 Å². The van der Waals surface area contributed by atoms with Crippen molar-refractivity contribution in [3.8, 4) is 0 Å². The van der Waals surface area contributed by atoms with Crippen molar-refractivity contribution in [2.75, 3.05) is 0 Å². The molecule has 0 aromatic heterocycles. The minimum atomic E-state index is -0.998. The minimum Gasteiger partial charge on any atom is -0.550 e. The Kier molecular flexibility index (Phi) is 9.32. The van der Waals surface area contributed by atoms with Gasteiger partial charge in [-0.3, -0.25) is 5.26 Å². The summed E-state index contributed by atoms with van der Waals surface area (Å²) in [6.07, 6.45) is 15.4. The molecule has 5 atom stereocenters. The first-order valence-corrected chi connectivity index (χ1v) is 9.81. The molecule has 0 unspecified atom stereocenters. The normalized spacial score (nSPS) is 29.2. The number of hydrogen-bond donors (Lipinski definition) is 1. The Hall–Kier alpha value is -1.21. The van der Waals surface area contributed by atoms with E-state index >= 15 is 0 Å². The fraction of sp³-hybridized carbons (Fsp3) is 0.750. The number of aliphatic carboxylic acids is 1. The maximum Gasteiger partial charge on any atom is 0.111 e. The first-order valence-electron chi connectivity index (χ1n) is 9.81. The van der Waals surface area contributed by atoms with Gasteiger partial charge in [0, 0.05) is 24.2 Å². The molecule has 2 fully saturated rings. The second-order valence-corrected chi connectivity index (χ2v) is 7.24. The number of carboxylic acid groups (broad SMARTS) is 1. The van der Waals surface area contributed by atoms with Gasteiger partial charge in [0.1, 0.15) is 12.2 Å². The maximum atomic E-state index is 10.4. The van der Waals surface area contributed by atoms with E-state index in [2.05, 4.69) is 24.0 Å². The van der Waals surface area contributed by atoms with Gasteiger partial charge in [-0.05, 0) is 32.1 Å². The highest BCUT2D eigenvalue weighted by molar-refractivity contribution is 5.64. The molecule has 1 N–H and O–H groups in total. The molecule has 0 radical (unpaired) electrons. The second kappa shape index (κ2) is 11.5. The lowest BCUT2D eigenvalue weighted by Crippen LogP contribution is -2.29. The molecule has 1 aliphatic heterocycles. The largest absolute Gasteiger partial charge is 0.550 e. The minimum absolute atomic E-state index is 0.0581. The van der Waals surface area contributed by atoms with Crippen LogP contribution in [-0.2, 0) is 19.5 Å². The van der Waals surface area contributed by atoms with Crippen molar-refractivity contribution in [3.05, 3.63) is 24.3 Å². The van der Waals surface area contributed by atoms with E-state index in [0.717, 1.165) is 44.9 Å². The molecule has 6 heteroatoms. The molecular formula is C20H31O6-. The molecule has 0 amide bonds. The smallest absolute Gasteiger partial charge is 0.111 e. The molecule has 2 rings (SSSR count). The fourth-order valence-corrected chi connectivity index (χ4v) is 3.78. The van der Waals surface area contributed by atoms with Crippen LogP contribution in [0.15, 0.2) is 24.3 Å². The number of fused-ring (bicyclic) bond motifs is 2. The maximum absolute atomic E-state index is 10.4. The van der Waals surface area contributed by atoms with Crippen molar-refractivity contribution < 1.29 is 29.8 Å². The Balaban J connectivity index is 1.82. The van der Waals surface area contributed by atoms with Crippen LogP contribution in [0.1, 0.15) is 64.7 Å². The zero-order valence-electron chi connectivity index (χ0n) is 15.5. The Morgan fingerprint density at radius 1 is 1.27 bits per heavy atom. The molecule has 0 aromatic carbocycles. The number of hydrogen-bond acceptors (Lipinski definition) is 6. The number of rotatable bonds is 13. The van der Waals surface area contributed by atoms with Crippen LogP contribution < -0.4 is 5.11 Å². The molecule has 1 heterocycles. The predicted octanol–water partition coefficient (Wildman–Crippen LogP) is 3.18. The Morgan fingerprint density at radius 2 is 2.08 bits per heavy atom. The fourth-order valence-electron chi connectivity index (χ4n) is 3.78. The molecule has 0 aromatic rings. The third kappa shape index (κ3) is 6.50. The van der Waals surface area contributed by atoms with Crippen molar-refractivity contribution in [2.24, 2.45) is 11.8 Å². The highest BCUT2D eigenvalue weighted by Gasteiger charge is 2.49. The van der Waals surface area contributed by atoms with Crippen LogP contribution in [0.5, 0.6) is 0 Å². The van der Waals surface area contributed by atoms with Crippen LogP contribution >= 0.6 is 0 Å². The van der Waals surface area contributed by atoms with Gasteiger partial charge in [0.2, 0.25) is 0 Å². The molecule has 1 saturated heterocycles. The molecule has 2 bridgehead atoms. The molecule has 6 nitrogen and oxygen atoms in total. The van der Waals surface area contributed by atoms with Gasteiger partial charge in [-0.25, -0.2) is 14.7 Å². The molecule has 1 aliphatic carbocycles. The summed E-state index contributed by atoms with van der Waals surface area (Å²) >= 11 is 0. The Morgan fingerprint density at radius 3 is 2.81 bits per heavy atom. The standard InChI is InChI=1S/C20H32O6/c1-2-3-6-9-15(24-23)12-13-17-16(18-14-19(17)26-25-18)10-7-4-5-8-11-20(21)22/h4,7,12-13,15-19,23H,2-3,5-6,8-11,14H2,1H3,(H,21,22)/p-1/b7-4-,13-12+/t15-,16+,17+,18-,19+/m0/s1. The van der Waals surface area contributed by atoms with Crippen LogP contribution in [0.4, 0.5) is 0 Å². The van der Waals surface area contributed by atoms with Crippen LogP contribution in [-0.4, -0.2) is 29.5 Å². The topological polar surface area (TPSA) is 88.1 Å². The second-order valence-electron chi connectivity index (χ2n) is 7.24. The molecule has 0 spiro atoms. The predicted molar refractivity (Wildman–Crippen MR) is 94.7 cm³/mol. The third-order valence-electron chi connectivity index (χ3n) is 5.27. The zero-order valence-corrected chi connectivity index (χ0v) is 15.5. The lowest BCUT2D eigenvalue weighted by atomic mass is 9.89. The van der Waals surface area contributed by atoms with Gasteiger partial charge in [0.15, 0.2) is 0 Å². The zero-order chi connectivity index (χ0) is 18.8. The Labute approximate surface area is 155 Å². The van der Waals surface area contributed by atoms with Gasteiger partial charge >= 0.3 is 0 Å². The van der Waals surface area contributed by atoms with E-state index in [1.54, 1.807) is 0 Å². The summed E-state index contributed by atoms with van der Waals surface area (Å²) < 4.78 is 0. The highest BCUT2D eigenvalue weighted by atomic mass is 17.2. The Bertz CT molecular complexity index is 475. The van der Waals surface area contributed by atoms with E-state index in [4.69, 9.17) is 15.0 Å². The quantitative estimate of drug-likeness (QED) is 0.233. The van der Waals surface area contributed by atoms with Gasteiger partial charge < -0.3 is 9.90 Å². The number of unbranched alkanes of at least 4 members (excludes halogenated alkanes) is 3. The molecule has 148 valence electrons. The summed E-state index contributed by atoms with van der Waals surface area (Å²) in [4.78, 5) is 25.8. The van der Waals surface area contributed by atoms with Crippen molar-refractivity contribution in [2.45, 2.75) is 83.0 Å². The molecule has 1 saturated carbocycles. The number of carbonyl (C=O) groups excluding carboxylic acids is 1. The molecule has 2 aliphatic rings. The monoisotopic (exact) mass is 367 g/mol. The average molecular weight is 367 g/mol. The van der Waals surface area contributed by atoms with Gasteiger partial charge in [-0.2, -0.15) is 0 Å². The van der Waals surface area contributed by atoms with Crippen LogP contribution in [0.25, 0.3) is 0 Å². The first-order chi connectivity index (χ1) is 12.7. The summed E-state index contributed by atoms with van der Waals surface area (Å²) in [5.74, 6) is -0.426. The summed E-state index contributed by atoms with van der Waals surface area (Å²) in [7, 11) is 0. The van der Waals surface area contributed by atoms with Crippen LogP contribution in [0.2, 0.25) is 0 Å². The number of carboxylic acids is 1. The summed E-state index contributed by atoms with van der Waals surface area (Å²) in [6, 6.07) is 0. The summed E-state index contributed by atoms with van der Waals surface area (Å²) in [5.41, 5.74) is 0. The van der Waals surface area contributed by atoms with E-state index in [1.807, 2.05) is 12.2 Å². The van der Waals surface area contributed by atoms with Crippen LogP contribution in [0, 0.1) is 11.8 Å². The van der Waals surface area contributed by atoms with E-state index in [0.29, 0.717) is 12.3 Å². The third-order valence-corrected chi connectivity index (χ3v) is 5.27. The van der Waals surface area contributed by atoms with E-state index < -0.39 is 5.97 Å². The van der Waals surface area contributed by atoms with Crippen molar-refractivity contribution in [1.82, 2.24) is 0 Å². The highest BCUT2D eigenvalue weighted by Crippen LogP contribution is 2.44. The van der Waals surface area contributed by atoms with Gasteiger partial charge in [-0.15, -0.1) is 0 Å². The van der Waals surface area contributed by atoms with E-state index in [1.165, 1.54) is 0 Å². The SMILES string of the molecule is CCCCC[C@@H](/C=C/[C@@H]1[C@@H](C/C=C\CCCC(=O)[O-])[C@@H]2C[C@H]1OO2)OO. The van der Waals surface area contributed by atoms with Crippen molar-refractivity contribution in [1.29, 1.82) is 0 Å². The number of allylic oxidation sites excluding steroid dienone is 2. The number of carbonyl (C=O) groups is 1.